The van der Waals surface area contributed by atoms with Crippen LogP contribution >= 0.6 is 15.9 Å². The van der Waals surface area contributed by atoms with Crippen LogP contribution in [0.1, 0.15) is 13.8 Å². The highest BCUT2D eigenvalue weighted by Gasteiger charge is 2.72. The first-order chi connectivity index (χ1) is 14.2. The molecule has 0 aliphatic carbocycles. The average Bonchev–Trinajstić information content (AvgIpc) is 3.31. The van der Waals surface area contributed by atoms with Crippen molar-refractivity contribution in [2.45, 2.75) is 31.8 Å². The SMILES string of the molecule is COc1ccc(Br)cc1N1C(=O)[C@@H]2[C@@H](C1=O)[C@@]1(C(OC(C)=O)OC(C)=O)C=C[C@H]2O1. The number of nitrogens with zero attached hydrogens (tertiary/aromatic N) is 1. The molecular formula is C20H18BrNO8. The minimum Gasteiger partial charge on any atom is -0.495 e. The fourth-order valence-electron chi connectivity index (χ4n) is 4.29. The molecule has 0 aromatic heterocycles. The van der Waals surface area contributed by atoms with Crippen molar-refractivity contribution in [3.8, 4) is 5.75 Å². The molecule has 4 rings (SSSR count). The lowest BCUT2D eigenvalue weighted by Crippen LogP contribution is -2.52. The summed E-state index contributed by atoms with van der Waals surface area (Å²) in [6, 6.07) is 4.96. The predicted octanol–water partition coefficient (Wildman–Crippen LogP) is 1.72. The molecule has 1 aromatic rings. The van der Waals surface area contributed by atoms with E-state index in [0.717, 1.165) is 18.7 Å². The van der Waals surface area contributed by atoms with Gasteiger partial charge in [-0.25, -0.2) is 4.90 Å². The monoisotopic (exact) mass is 479 g/mol. The van der Waals surface area contributed by atoms with E-state index in [-0.39, 0.29) is 5.69 Å². The van der Waals surface area contributed by atoms with Gasteiger partial charge in [0.25, 0.3) is 6.29 Å². The van der Waals surface area contributed by atoms with E-state index >= 15 is 0 Å². The van der Waals surface area contributed by atoms with Crippen LogP contribution in [0.4, 0.5) is 5.69 Å². The number of fused-ring (bicyclic) bond motifs is 5. The standard InChI is InChI=1S/C20H18BrNO8/c1-9(23)28-19(29-10(2)24)20-7-6-14(30-20)15-16(20)18(26)22(17(15)25)12-8-11(21)4-5-13(12)27-3/h4-8,14-16,19H,1-3H3/t14-,15+,16+,20-/m1/s1. The number of amides is 2. The summed E-state index contributed by atoms with van der Waals surface area (Å²) in [6.07, 6.45) is 0.920. The summed E-state index contributed by atoms with van der Waals surface area (Å²) in [5.74, 6) is -4.01. The minimum atomic E-state index is -1.59. The second-order valence-electron chi connectivity index (χ2n) is 7.18. The first kappa shape index (κ1) is 20.5. The smallest absolute Gasteiger partial charge is 0.305 e. The van der Waals surface area contributed by atoms with Crippen molar-refractivity contribution >= 4 is 45.4 Å². The third-order valence-electron chi connectivity index (χ3n) is 5.37. The molecule has 2 fully saturated rings. The molecule has 9 nitrogen and oxygen atoms in total. The molecule has 0 spiro atoms. The van der Waals surface area contributed by atoms with E-state index in [1.54, 1.807) is 24.3 Å². The Balaban J connectivity index is 1.78. The zero-order chi connectivity index (χ0) is 21.8. The Morgan fingerprint density at radius 1 is 1.17 bits per heavy atom. The number of halogens is 1. The number of hydrogen-bond acceptors (Lipinski definition) is 8. The lowest BCUT2D eigenvalue weighted by Gasteiger charge is -2.34. The van der Waals surface area contributed by atoms with Crippen molar-refractivity contribution in [1.82, 2.24) is 0 Å². The van der Waals surface area contributed by atoms with E-state index in [1.165, 1.54) is 13.2 Å². The lowest BCUT2D eigenvalue weighted by molar-refractivity contribution is -0.226. The molecule has 3 heterocycles. The summed E-state index contributed by atoms with van der Waals surface area (Å²) < 4.78 is 22.3. The van der Waals surface area contributed by atoms with Gasteiger partial charge in [-0.05, 0) is 24.3 Å². The maximum Gasteiger partial charge on any atom is 0.305 e. The number of esters is 2. The maximum atomic E-state index is 13.5. The highest BCUT2D eigenvalue weighted by atomic mass is 79.9. The van der Waals surface area contributed by atoms with Crippen LogP contribution in [0.5, 0.6) is 5.75 Å². The van der Waals surface area contributed by atoms with Crippen LogP contribution in [0.3, 0.4) is 0 Å². The summed E-state index contributed by atoms with van der Waals surface area (Å²) in [4.78, 5) is 51.1. The van der Waals surface area contributed by atoms with Crippen LogP contribution in [0.25, 0.3) is 0 Å². The molecule has 30 heavy (non-hydrogen) atoms. The minimum absolute atomic E-state index is 0.280. The molecule has 3 aliphatic heterocycles. The number of imide groups is 1. The van der Waals surface area contributed by atoms with E-state index in [2.05, 4.69) is 15.9 Å². The zero-order valence-electron chi connectivity index (χ0n) is 16.3. The van der Waals surface area contributed by atoms with E-state index in [9.17, 15) is 19.2 Å². The molecule has 0 saturated carbocycles. The number of benzene rings is 1. The number of methoxy groups -OCH3 is 1. The zero-order valence-corrected chi connectivity index (χ0v) is 17.9. The first-order valence-corrected chi connectivity index (χ1v) is 9.92. The Morgan fingerprint density at radius 2 is 1.83 bits per heavy atom. The van der Waals surface area contributed by atoms with Crippen molar-refractivity contribution in [3.63, 3.8) is 0 Å². The van der Waals surface area contributed by atoms with Crippen molar-refractivity contribution < 1.29 is 38.1 Å². The van der Waals surface area contributed by atoms with Crippen LogP contribution in [0, 0.1) is 11.8 Å². The molecule has 2 saturated heterocycles. The molecule has 4 atom stereocenters. The highest BCUT2D eigenvalue weighted by molar-refractivity contribution is 9.10. The number of anilines is 1. The van der Waals surface area contributed by atoms with Crippen LogP contribution in [-0.4, -0.2) is 48.9 Å². The lowest BCUT2D eigenvalue weighted by atomic mass is 9.76. The van der Waals surface area contributed by atoms with Crippen molar-refractivity contribution in [2.24, 2.45) is 11.8 Å². The molecule has 158 valence electrons. The molecule has 2 bridgehead atoms. The van der Waals surface area contributed by atoms with Crippen molar-refractivity contribution in [1.29, 1.82) is 0 Å². The van der Waals surface area contributed by atoms with Gasteiger partial charge in [-0.3, -0.25) is 19.2 Å². The number of carbonyl (C=O) groups excluding carboxylic acids is 4. The molecule has 2 amide bonds. The van der Waals surface area contributed by atoms with E-state index in [0.29, 0.717) is 10.2 Å². The third kappa shape index (κ3) is 2.93. The fraction of sp³-hybridized carbons (Fsp3) is 0.400. The summed E-state index contributed by atoms with van der Waals surface area (Å²) in [6.45, 7) is 2.30. The fourth-order valence-corrected chi connectivity index (χ4v) is 4.64. The molecular weight excluding hydrogens is 462 g/mol. The molecule has 0 radical (unpaired) electrons. The Bertz CT molecular complexity index is 975. The molecule has 10 heteroatoms. The number of hydrogen-bond donors (Lipinski definition) is 0. The van der Waals surface area contributed by atoms with E-state index < -0.39 is 53.6 Å². The highest BCUT2D eigenvalue weighted by Crippen LogP contribution is 2.55. The average molecular weight is 480 g/mol. The van der Waals surface area contributed by atoms with Gasteiger partial charge < -0.3 is 18.9 Å². The Morgan fingerprint density at radius 3 is 2.43 bits per heavy atom. The number of ether oxygens (including phenoxy) is 4. The van der Waals surface area contributed by atoms with Crippen LogP contribution in [-0.2, 0) is 33.4 Å². The summed E-state index contributed by atoms with van der Waals surface area (Å²) >= 11 is 3.34. The van der Waals surface area contributed by atoms with Gasteiger partial charge in [-0.15, -0.1) is 0 Å². The molecule has 0 unspecified atom stereocenters. The Hall–Kier alpha value is -2.72. The largest absolute Gasteiger partial charge is 0.495 e. The quantitative estimate of drug-likeness (QED) is 0.272. The second-order valence-corrected chi connectivity index (χ2v) is 8.09. The van der Waals surface area contributed by atoms with Gasteiger partial charge in [0.1, 0.15) is 5.75 Å². The van der Waals surface area contributed by atoms with Gasteiger partial charge in [0.05, 0.1) is 30.7 Å². The molecule has 1 aromatic carbocycles. The van der Waals surface area contributed by atoms with Gasteiger partial charge >= 0.3 is 11.9 Å². The van der Waals surface area contributed by atoms with Crippen LogP contribution < -0.4 is 9.64 Å². The van der Waals surface area contributed by atoms with Gasteiger partial charge in [0.2, 0.25) is 11.8 Å². The summed E-state index contributed by atoms with van der Waals surface area (Å²) in [5, 5.41) is 0. The van der Waals surface area contributed by atoms with Gasteiger partial charge in [0, 0.05) is 18.3 Å². The summed E-state index contributed by atoms with van der Waals surface area (Å²) in [5.41, 5.74) is -1.31. The van der Waals surface area contributed by atoms with E-state index in [1.807, 2.05) is 0 Å². The Kier molecular flexibility index (Phi) is 4.94. The third-order valence-corrected chi connectivity index (χ3v) is 5.87. The van der Waals surface area contributed by atoms with Crippen LogP contribution in [0.15, 0.2) is 34.8 Å². The Labute approximate surface area is 180 Å². The van der Waals surface area contributed by atoms with Gasteiger partial charge in [0.15, 0.2) is 5.60 Å². The predicted molar refractivity (Wildman–Crippen MR) is 104 cm³/mol. The van der Waals surface area contributed by atoms with Crippen molar-refractivity contribution in [2.75, 3.05) is 12.0 Å². The topological polar surface area (TPSA) is 108 Å². The van der Waals surface area contributed by atoms with E-state index in [4.69, 9.17) is 18.9 Å². The maximum absolute atomic E-state index is 13.5. The second kappa shape index (κ2) is 7.21. The molecule has 0 N–H and O–H groups in total. The normalized spacial score (nSPS) is 28.8. The van der Waals surface area contributed by atoms with Gasteiger partial charge in [-0.2, -0.15) is 0 Å². The molecule has 3 aliphatic rings. The van der Waals surface area contributed by atoms with Crippen molar-refractivity contribution in [3.05, 3.63) is 34.8 Å². The van der Waals surface area contributed by atoms with Gasteiger partial charge in [-0.1, -0.05) is 22.0 Å². The first-order valence-electron chi connectivity index (χ1n) is 9.12. The number of carbonyl (C=O) groups is 4. The summed E-state index contributed by atoms with van der Waals surface area (Å²) in [7, 11) is 1.44. The van der Waals surface area contributed by atoms with Crippen LogP contribution in [0.2, 0.25) is 0 Å². The number of rotatable bonds is 5.